The second-order valence-electron chi connectivity index (χ2n) is 4.77. The molecule has 86 valence electrons. The molecule has 1 N–H and O–H groups in total. The second kappa shape index (κ2) is 3.89. The van der Waals surface area contributed by atoms with Crippen molar-refractivity contribution >= 4 is 0 Å². The number of allylic oxidation sites excluding steroid dienone is 1. The minimum Gasteiger partial charge on any atom is -0.392 e. The van der Waals surface area contributed by atoms with E-state index in [1.54, 1.807) is 0 Å². The van der Waals surface area contributed by atoms with Crippen molar-refractivity contribution in [2.75, 3.05) is 13.2 Å². The fourth-order valence-corrected chi connectivity index (χ4v) is 2.91. The molecule has 2 aliphatic rings. The van der Waals surface area contributed by atoms with Crippen molar-refractivity contribution in [2.45, 2.75) is 44.5 Å². The van der Waals surface area contributed by atoms with Crippen LogP contribution in [0.15, 0.2) is 12.7 Å². The van der Waals surface area contributed by atoms with Crippen molar-refractivity contribution in [3.05, 3.63) is 12.7 Å². The summed E-state index contributed by atoms with van der Waals surface area (Å²) in [6, 6.07) is 0. The SMILES string of the molecule is C=CC[C@@]1(C)[C@H](O)CCCC12OCCO2. The molecule has 2 rings (SSSR count). The normalized spacial score (nSPS) is 39.5. The van der Waals surface area contributed by atoms with Crippen LogP contribution >= 0.6 is 0 Å². The predicted molar refractivity (Wildman–Crippen MR) is 57.4 cm³/mol. The Bertz CT molecular complexity index is 245. The largest absolute Gasteiger partial charge is 0.392 e. The first kappa shape index (κ1) is 11.1. The number of hydrogen-bond acceptors (Lipinski definition) is 3. The molecule has 1 aliphatic heterocycles. The number of aliphatic hydroxyl groups excluding tert-OH is 1. The standard InChI is InChI=1S/C12H20O3/c1-3-6-11(2)10(13)5-4-7-12(11)14-8-9-15-12/h3,10,13H,1,4-9H2,2H3/t10-,11+/m1/s1. The van der Waals surface area contributed by atoms with Crippen molar-refractivity contribution in [3.63, 3.8) is 0 Å². The first-order valence-corrected chi connectivity index (χ1v) is 5.71. The third-order valence-corrected chi connectivity index (χ3v) is 3.91. The topological polar surface area (TPSA) is 38.7 Å². The van der Waals surface area contributed by atoms with Crippen molar-refractivity contribution in [1.29, 1.82) is 0 Å². The van der Waals surface area contributed by atoms with Gasteiger partial charge in [0.05, 0.1) is 24.7 Å². The Kier molecular flexibility index (Phi) is 2.88. The molecule has 0 amide bonds. The molecule has 0 aromatic heterocycles. The third kappa shape index (κ3) is 1.53. The Hall–Kier alpha value is -0.380. The average Bonchev–Trinajstić information content (AvgIpc) is 2.66. The maximum atomic E-state index is 10.2. The second-order valence-corrected chi connectivity index (χ2v) is 4.77. The minimum atomic E-state index is -0.571. The fraction of sp³-hybridized carbons (Fsp3) is 0.833. The van der Waals surface area contributed by atoms with E-state index in [0.29, 0.717) is 13.2 Å². The molecule has 2 atom stereocenters. The van der Waals surface area contributed by atoms with E-state index < -0.39 is 5.79 Å². The minimum absolute atomic E-state index is 0.344. The maximum Gasteiger partial charge on any atom is 0.176 e. The monoisotopic (exact) mass is 212 g/mol. The summed E-state index contributed by atoms with van der Waals surface area (Å²) < 4.78 is 11.6. The molecule has 1 heterocycles. The van der Waals surface area contributed by atoms with Crippen LogP contribution in [0.3, 0.4) is 0 Å². The molecule has 1 aliphatic carbocycles. The molecule has 15 heavy (non-hydrogen) atoms. The van der Waals surface area contributed by atoms with E-state index in [4.69, 9.17) is 9.47 Å². The van der Waals surface area contributed by atoms with Gasteiger partial charge < -0.3 is 14.6 Å². The van der Waals surface area contributed by atoms with Gasteiger partial charge in [0, 0.05) is 6.42 Å². The van der Waals surface area contributed by atoms with Crippen LogP contribution in [-0.4, -0.2) is 30.2 Å². The summed E-state index contributed by atoms with van der Waals surface area (Å²) in [6.07, 6.45) is 4.90. The Balaban J connectivity index is 2.29. The van der Waals surface area contributed by atoms with Crippen molar-refractivity contribution in [3.8, 4) is 0 Å². The Morgan fingerprint density at radius 1 is 1.47 bits per heavy atom. The van der Waals surface area contributed by atoms with Gasteiger partial charge in [-0.2, -0.15) is 0 Å². The molecule has 1 saturated heterocycles. The van der Waals surface area contributed by atoms with Gasteiger partial charge in [0.1, 0.15) is 0 Å². The molecule has 2 fully saturated rings. The highest BCUT2D eigenvalue weighted by atomic mass is 16.7. The average molecular weight is 212 g/mol. The highest BCUT2D eigenvalue weighted by Gasteiger charge is 2.57. The molecular weight excluding hydrogens is 192 g/mol. The molecule has 3 nitrogen and oxygen atoms in total. The molecule has 0 aromatic carbocycles. The van der Waals surface area contributed by atoms with E-state index in [-0.39, 0.29) is 11.5 Å². The van der Waals surface area contributed by atoms with Gasteiger partial charge in [0.25, 0.3) is 0 Å². The number of hydrogen-bond donors (Lipinski definition) is 1. The predicted octanol–water partition coefficient (Wildman–Crippen LogP) is 1.86. The quantitative estimate of drug-likeness (QED) is 0.710. The summed E-state index contributed by atoms with van der Waals surface area (Å²) in [4.78, 5) is 0. The van der Waals surface area contributed by atoms with Crippen molar-refractivity contribution < 1.29 is 14.6 Å². The van der Waals surface area contributed by atoms with Gasteiger partial charge in [0.2, 0.25) is 0 Å². The van der Waals surface area contributed by atoms with Crippen LogP contribution in [0.5, 0.6) is 0 Å². The van der Waals surface area contributed by atoms with E-state index in [9.17, 15) is 5.11 Å². The van der Waals surface area contributed by atoms with Crippen LogP contribution in [0.4, 0.5) is 0 Å². The highest BCUT2D eigenvalue weighted by molar-refractivity contribution is 5.03. The van der Waals surface area contributed by atoms with Gasteiger partial charge in [-0.1, -0.05) is 13.0 Å². The summed E-state index contributed by atoms with van der Waals surface area (Å²) in [5, 5.41) is 10.2. The van der Waals surface area contributed by atoms with Crippen LogP contribution in [0, 0.1) is 5.41 Å². The van der Waals surface area contributed by atoms with Crippen LogP contribution in [-0.2, 0) is 9.47 Å². The van der Waals surface area contributed by atoms with E-state index >= 15 is 0 Å². The van der Waals surface area contributed by atoms with Crippen molar-refractivity contribution in [1.82, 2.24) is 0 Å². The summed E-state index contributed by atoms with van der Waals surface area (Å²) in [6.45, 7) is 7.09. The van der Waals surface area contributed by atoms with Gasteiger partial charge in [-0.05, 0) is 19.3 Å². The lowest BCUT2D eigenvalue weighted by molar-refractivity contribution is -0.277. The van der Waals surface area contributed by atoms with Gasteiger partial charge in [0.15, 0.2) is 5.79 Å². The molecule has 3 heteroatoms. The van der Waals surface area contributed by atoms with Crippen LogP contribution in [0.2, 0.25) is 0 Å². The van der Waals surface area contributed by atoms with Gasteiger partial charge >= 0.3 is 0 Å². The number of aliphatic hydroxyl groups is 1. The van der Waals surface area contributed by atoms with E-state index in [0.717, 1.165) is 25.7 Å². The van der Waals surface area contributed by atoms with Gasteiger partial charge in [-0.3, -0.25) is 0 Å². The smallest absolute Gasteiger partial charge is 0.176 e. The first-order valence-electron chi connectivity index (χ1n) is 5.71. The molecule has 1 saturated carbocycles. The summed E-state index contributed by atoms with van der Waals surface area (Å²) >= 11 is 0. The molecule has 1 spiro atoms. The lowest BCUT2D eigenvalue weighted by Gasteiger charge is -2.50. The van der Waals surface area contributed by atoms with E-state index in [1.807, 2.05) is 13.0 Å². The maximum absolute atomic E-state index is 10.2. The lowest BCUT2D eigenvalue weighted by Crippen LogP contribution is -2.56. The zero-order valence-electron chi connectivity index (χ0n) is 9.37. The number of rotatable bonds is 2. The lowest BCUT2D eigenvalue weighted by atomic mass is 9.66. The van der Waals surface area contributed by atoms with Crippen molar-refractivity contribution in [2.24, 2.45) is 5.41 Å². The Morgan fingerprint density at radius 2 is 2.13 bits per heavy atom. The summed E-state index contributed by atoms with van der Waals surface area (Å²) in [7, 11) is 0. The summed E-state index contributed by atoms with van der Waals surface area (Å²) in [5.74, 6) is -0.571. The van der Waals surface area contributed by atoms with E-state index in [1.165, 1.54) is 0 Å². The zero-order chi connectivity index (χ0) is 10.9. The van der Waals surface area contributed by atoms with Crippen LogP contribution in [0.1, 0.15) is 32.6 Å². The Labute approximate surface area is 91.1 Å². The number of ether oxygens (including phenoxy) is 2. The highest BCUT2D eigenvalue weighted by Crippen LogP contribution is 2.51. The van der Waals surface area contributed by atoms with Crippen LogP contribution < -0.4 is 0 Å². The molecule has 0 bridgehead atoms. The molecule has 0 radical (unpaired) electrons. The van der Waals surface area contributed by atoms with Gasteiger partial charge in [-0.25, -0.2) is 0 Å². The molecular formula is C12H20O3. The van der Waals surface area contributed by atoms with Crippen LogP contribution in [0.25, 0.3) is 0 Å². The summed E-state index contributed by atoms with van der Waals surface area (Å²) in [5.41, 5.74) is -0.344. The Morgan fingerprint density at radius 3 is 2.73 bits per heavy atom. The fourth-order valence-electron chi connectivity index (χ4n) is 2.91. The molecule has 0 unspecified atom stereocenters. The van der Waals surface area contributed by atoms with Gasteiger partial charge in [-0.15, -0.1) is 6.58 Å². The van der Waals surface area contributed by atoms with E-state index in [2.05, 4.69) is 6.58 Å². The molecule has 0 aromatic rings. The first-order chi connectivity index (χ1) is 7.15. The zero-order valence-corrected chi connectivity index (χ0v) is 9.37. The third-order valence-electron chi connectivity index (χ3n) is 3.91.